The number of hydrogen-bond donors (Lipinski definition) is 2. The van der Waals surface area contributed by atoms with Crippen molar-refractivity contribution < 1.29 is 18.0 Å². The number of amides is 1. The van der Waals surface area contributed by atoms with Crippen LogP contribution in [0.4, 0.5) is 18.9 Å². The zero-order chi connectivity index (χ0) is 15.5. The first-order valence-corrected chi connectivity index (χ1v) is 7.05. The number of rotatable bonds is 3. The molecule has 0 aromatic heterocycles. The number of nitrogens with one attached hydrogen (secondary N) is 1. The van der Waals surface area contributed by atoms with E-state index in [1.54, 1.807) is 18.2 Å². The highest BCUT2D eigenvalue weighted by Gasteiger charge is 2.43. The molecule has 1 amide bonds. The molecule has 0 aliphatic heterocycles. The van der Waals surface area contributed by atoms with Crippen LogP contribution in [0.2, 0.25) is 0 Å². The summed E-state index contributed by atoms with van der Waals surface area (Å²) >= 11 is 0. The summed E-state index contributed by atoms with van der Waals surface area (Å²) < 4.78 is 38.2. The Labute approximate surface area is 121 Å². The van der Waals surface area contributed by atoms with Gasteiger partial charge in [0.2, 0.25) is 5.91 Å². The number of hydrogen-bond acceptors (Lipinski definition) is 2. The fraction of sp³-hybridized carbons (Fsp3) is 0.533. The number of nitrogen functional groups attached to an aromatic ring is 1. The SMILES string of the molecule is Nc1cccc(CNC(=O)C2CCCC(C(F)(F)F)C2)c1. The summed E-state index contributed by atoms with van der Waals surface area (Å²) in [6.45, 7) is 0.289. The highest BCUT2D eigenvalue weighted by Crippen LogP contribution is 2.39. The average Bonchev–Trinajstić information content (AvgIpc) is 2.44. The Hall–Kier alpha value is -1.72. The van der Waals surface area contributed by atoms with E-state index in [-0.39, 0.29) is 25.3 Å². The van der Waals surface area contributed by atoms with Crippen molar-refractivity contribution in [2.45, 2.75) is 38.4 Å². The lowest BCUT2D eigenvalue weighted by atomic mass is 9.80. The van der Waals surface area contributed by atoms with Gasteiger partial charge < -0.3 is 11.1 Å². The molecule has 0 radical (unpaired) electrons. The first-order valence-electron chi connectivity index (χ1n) is 7.05. The lowest BCUT2D eigenvalue weighted by Crippen LogP contribution is -2.37. The summed E-state index contributed by atoms with van der Waals surface area (Å²) in [5.41, 5.74) is 7.07. The molecule has 2 atom stereocenters. The molecule has 3 N–H and O–H groups in total. The van der Waals surface area contributed by atoms with Gasteiger partial charge in [0.15, 0.2) is 0 Å². The van der Waals surface area contributed by atoms with Gasteiger partial charge in [0, 0.05) is 18.2 Å². The number of alkyl halides is 3. The molecule has 6 heteroatoms. The summed E-state index contributed by atoms with van der Waals surface area (Å²) in [5.74, 6) is -2.20. The van der Waals surface area contributed by atoms with Crippen LogP contribution < -0.4 is 11.1 Å². The minimum Gasteiger partial charge on any atom is -0.399 e. The summed E-state index contributed by atoms with van der Waals surface area (Å²) in [7, 11) is 0. The van der Waals surface area contributed by atoms with Crippen LogP contribution in [0, 0.1) is 11.8 Å². The molecule has 2 rings (SSSR count). The molecule has 1 fully saturated rings. The van der Waals surface area contributed by atoms with Gasteiger partial charge in [-0.05, 0) is 37.0 Å². The maximum Gasteiger partial charge on any atom is 0.391 e. The Kier molecular flexibility index (Phi) is 4.75. The Balaban J connectivity index is 1.88. The normalized spacial score (nSPS) is 22.8. The van der Waals surface area contributed by atoms with Gasteiger partial charge in [0.25, 0.3) is 0 Å². The van der Waals surface area contributed by atoms with E-state index in [0.29, 0.717) is 18.5 Å². The summed E-state index contributed by atoms with van der Waals surface area (Å²) in [5, 5.41) is 2.71. The van der Waals surface area contributed by atoms with Gasteiger partial charge in [-0.1, -0.05) is 18.6 Å². The second-order valence-corrected chi connectivity index (χ2v) is 5.56. The molecule has 3 nitrogen and oxygen atoms in total. The van der Waals surface area contributed by atoms with Crippen LogP contribution in [0.25, 0.3) is 0 Å². The van der Waals surface area contributed by atoms with Crippen LogP contribution in [0.3, 0.4) is 0 Å². The standard InChI is InChI=1S/C15H19F3N2O/c16-15(17,18)12-5-2-4-11(8-12)14(21)20-9-10-3-1-6-13(19)7-10/h1,3,6-7,11-12H,2,4-5,8-9,19H2,(H,20,21). The van der Waals surface area contributed by atoms with Crippen molar-refractivity contribution in [3.8, 4) is 0 Å². The third kappa shape index (κ3) is 4.37. The van der Waals surface area contributed by atoms with Crippen molar-refractivity contribution in [2.24, 2.45) is 11.8 Å². The third-order valence-electron chi connectivity index (χ3n) is 3.93. The zero-order valence-corrected chi connectivity index (χ0v) is 11.6. The van der Waals surface area contributed by atoms with E-state index in [1.807, 2.05) is 6.07 Å². The maximum absolute atomic E-state index is 12.7. The Morgan fingerprint density at radius 2 is 2.10 bits per heavy atom. The highest BCUT2D eigenvalue weighted by atomic mass is 19.4. The molecule has 0 bridgehead atoms. The van der Waals surface area contributed by atoms with Crippen LogP contribution >= 0.6 is 0 Å². The molecule has 2 unspecified atom stereocenters. The molecule has 1 aromatic carbocycles. The molecule has 0 saturated heterocycles. The molecule has 1 aromatic rings. The monoisotopic (exact) mass is 300 g/mol. The minimum absolute atomic E-state index is 0.105. The molecular weight excluding hydrogens is 281 g/mol. The molecule has 116 valence electrons. The average molecular weight is 300 g/mol. The van der Waals surface area contributed by atoms with Crippen LogP contribution in [0.15, 0.2) is 24.3 Å². The Bertz CT molecular complexity index is 502. The second-order valence-electron chi connectivity index (χ2n) is 5.56. The summed E-state index contributed by atoms with van der Waals surface area (Å²) in [6.07, 6.45) is -3.21. The van der Waals surface area contributed by atoms with Gasteiger partial charge in [-0.3, -0.25) is 4.79 Å². The molecule has 0 spiro atoms. The highest BCUT2D eigenvalue weighted by molar-refractivity contribution is 5.78. The molecule has 21 heavy (non-hydrogen) atoms. The van der Waals surface area contributed by atoms with Gasteiger partial charge in [-0.15, -0.1) is 0 Å². The molecule has 1 saturated carbocycles. The largest absolute Gasteiger partial charge is 0.399 e. The second kappa shape index (κ2) is 6.37. The van der Waals surface area contributed by atoms with E-state index in [9.17, 15) is 18.0 Å². The van der Waals surface area contributed by atoms with Gasteiger partial charge in [-0.2, -0.15) is 13.2 Å². The van der Waals surface area contributed by atoms with E-state index in [2.05, 4.69) is 5.32 Å². The van der Waals surface area contributed by atoms with Gasteiger partial charge in [0.05, 0.1) is 5.92 Å². The molecule has 0 heterocycles. The van der Waals surface area contributed by atoms with E-state index in [0.717, 1.165) is 5.56 Å². The summed E-state index contributed by atoms with van der Waals surface area (Å²) in [6, 6.07) is 7.06. The van der Waals surface area contributed by atoms with Crippen molar-refractivity contribution >= 4 is 11.6 Å². The lowest BCUT2D eigenvalue weighted by Gasteiger charge is -2.29. The van der Waals surface area contributed by atoms with Crippen molar-refractivity contribution in [1.29, 1.82) is 0 Å². The number of nitrogens with two attached hydrogens (primary N) is 1. The topological polar surface area (TPSA) is 55.1 Å². The van der Waals surface area contributed by atoms with Crippen LogP contribution in [-0.2, 0) is 11.3 Å². The van der Waals surface area contributed by atoms with E-state index < -0.39 is 18.0 Å². The van der Waals surface area contributed by atoms with Crippen molar-refractivity contribution in [1.82, 2.24) is 5.32 Å². The first-order chi connectivity index (χ1) is 9.86. The molecular formula is C15H19F3N2O. The number of carbonyl (C=O) groups excluding carboxylic acids is 1. The predicted molar refractivity (Wildman–Crippen MR) is 74.2 cm³/mol. The molecule has 1 aliphatic carbocycles. The Morgan fingerprint density at radius 1 is 1.33 bits per heavy atom. The van der Waals surface area contributed by atoms with E-state index >= 15 is 0 Å². The van der Waals surface area contributed by atoms with Gasteiger partial charge in [-0.25, -0.2) is 0 Å². The van der Waals surface area contributed by atoms with E-state index in [1.165, 1.54) is 0 Å². The summed E-state index contributed by atoms with van der Waals surface area (Å²) in [4.78, 5) is 12.0. The van der Waals surface area contributed by atoms with Crippen molar-refractivity contribution in [3.63, 3.8) is 0 Å². The number of carbonyl (C=O) groups is 1. The maximum atomic E-state index is 12.7. The number of benzene rings is 1. The van der Waals surface area contributed by atoms with Gasteiger partial charge >= 0.3 is 6.18 Å². The van der Waals surface area contributed by atoms with Crippen LogP contribution in [-0.4, -0.2) is 12.1 Å². The quantitative estimate of drug-likeness (QED) is 0.842. The lowest BCUT2D eigenvalue weighted by molar-refractivity contribution is -0.186. The van der Waals surface area contributed by atoms with Crippen molar-refractivity contribution in [2.75, 3.05) is 5.73 Å². The van der Waals surface area contributed by atoms with Crippen LogP contribution in [0.5, 0.6) is 0 Å². The zero-order valence-electron chi connectivity index (χ0n) is 11.6. The number of anilines is 1. The van der Waals surface area contributed by atoms with Gasteiger partial charge in [0.1, 0.15) is 0 Å². The molecule has 1 aliphatic rings. The van der Waals surface area contributed by atoms with E-state index in [4.69, 9.17) is 5.73 Å². The minimum atomic E-state index is -4.20. The Morgan fingerprint density at radius 3 is 2.76 bits per heavy atom. The third-order valence-corrected chi connectivity index (χ3v) is 3.93. The van der Waals surface area contributed by atoms with Crippen LogP contribution in [0.1, 0.15) is 31.2 Å². The fourth-order valence-electron chi connectivity index (χ4n) is 2.76. The number of halogens is 3. The predicted octanol–water partition coefficient (Wildman–Crippen LogP) is 3.25. The fourth-order valence-corrected chi connectivity index (χ4v) is 2.76. The first kappa shape index (κ1) is 15.7. The smallest absolute Gasteiger partial charge is 0.391 e. The van der Waals surface area contributed by atoms with Crippen molar-refractivity contribution in [3.05, 3.63) is 29.8 Å².